The lowest BCUT2D eigenvalue weighted by molar-refractivity contribution is 0.522. The number of nitrogens with one attached hydrogen (secondary N) is 1. The number of hydrogen-bond acceptors (Lipinski definition) is 1. The molecule has 0 radical (unpaired) electrons. The van der Waals surface area contributed by atoms with Crippen LogP contribution in [0.4, 0.5) is 0 Å². The maximum absolute atomic E-state index is 3.77. The summed E-state index contributed by atoms with van der Waals surface area (Å²) in [6, 6.07) is 9.13. The van der Waals surface area contributed by atoms with Crippen molar-refractivity contribution >= 4 is 15.9 Å². The molecule has 2 heteroatoms. The molecule has 1 atom stereocenters. The van der Waals surface area contributed by atoms with Gasteiger partial charge in [-0.15, -0.1) is 0 Å². The number of benzene rings is 1. The van der Waals surface area contributed by atoms with Gasteiger partial charge in [-0.25, -0.2) is 0 Å². The molecule has 0 heterocycles. The van der Waals surface area contributed by atoms with Gasteiger partial charge in [-0.3, -0.25) is 0 Å². The SMILES string of the molecule is CCCNC(Cc1ccccc1Br)/C1=C/CCCCCC1. The lowest BCUT2D eigenvalue weighted by Crippen LogP contribution is -2.34. The van der Waals surface area contributed by atoms with Crippen molar-refractivity contribution in [3.05, 3.63) is 46.0 Å². The Labute approximate surface area is 138 Å². The van der Waals surface area contributed by atoms with Crippen LogP contribution in [0.3, 0.4) is 0 Å². The summed E-state index contributed by atoms with van der Waals surface area (Å²) in [7, 11) is 0. The summed E-state index contributed by atoms with van der Waals surface area (Å²) in [5.74, 6) is 0. The number of hydrogen-bond donors (Lipinski definition) is 1. The van der Waals surface area contributed by atoms with Gasteiger partial charge in [0.2, 0.25) is 0 Å². The molecule has 1 nitrogen and oxygen atoms in total. The number of rotatable bonds is 6. The second kappa shape index (κ2) is 9.42. The summed E-state index contributed by atoms with van der Waals surface area (Å²) in [6.07, 6.45) is 12.8. The molecule has 1 aromatic rings. The van der Waals surface area contributed by atoms with E-state index < -0.39 is 0 Å². The average Bonchev–Trinajstić information content (AvgIpc) is 2.45. The fourth-order valence-electron chi connectivity index (χ4n) is 3.07. The lowest BCUT2D eigenvalue weighted by atomic mass is 9.91. The molecule has 0 spiro atoms. The second-order valence-electron chi connectivity index (χ2n) is 6.03. The molecule has 0 amide bonds. The van der Waals surface area contributed by atoms with E-state index >= 15 is 0 Å². The summed E-state index contributed by atoms with van der Waals surface area (Å²) in [5, 5.41) is 3.77. The Morgan fingerprint density at radius 3 is 2.76 bits per heavy atom. The van der Waals surface area contributed by atoms with Crippen LogP contribution in [-0.2, 0) is 6.42 Å². The maximum Gasteiger partial charge on any atom is 0.0320 e. The van der Waals surface area contributed by atoms with Gasteiger partial charge in [0, 0.05) is 10.5 Å². The number of halogens is 1. The topological polar surface area (TPSA) is 12.0 Å². The van der Waals surface area contributed by atoms with E-state index in [0.717, 1.165) is 13.0 Å². The van der Waals surface area contributed by atoms with Crippen molar-refractivity contribution in [3.63, 3.8) is 0 Å². The fourth-order valence-corrected chi connectivity index (χ4v) is 3.52. The van der Waals surface area contributed by atoms with Crippen LogP contribution in [0.5, 0.6) is 0 Å². The van der Waals surface area contributed by atoms with Gasteiger partial charge in [0.15, 0.2) is 0 Å². The fraction of sp³-hybridized carbons (Fsp3) is 0.579. The largest absolute Gasteiger partial charge is 0.310 e. The van der Waals surface area contributed by atoms with Crippen LogP contribution in [0.1, 0.15) is 57.4 Å². The van der Waals surface area contributed by atoms with Crippen LogP contribution in [0, 0.1) is 0 Å². The van der Waals surface area contributed by atoms with E-state index in [1.807, 2.05) is 0 Å². The molecule has 2 rings (SSSR count). The van der Waals surface area contributed by atoms with E-state index in [1.54, 1.807) is 5.57 Å². The van der Waals surface area contributed by atoms with Gasteiger partial charge in [0.25, 0.3) is 0 Å². The molecule has 0 bridgehead atoms. The Hall–Kier alpha value is -0.600. The highest BCUT2D eigenvalue weighted by molar-refractivity contribution is 9.10. The standard InChI is InChI=1S/C19H28BrN/c1-2-14-21-19(15-17-12-8-9-13-18(17)20)16-10-6-4-3-5-7-11-16/h8-10,12-13,19,21H,2-7,11,14-15H2,1H3/b16-10+. The Kier molecular flexibility index (Phi) is 7.52. The van der Waals surface area contributed by atoms with Gasteiger partial charge in [-0.2, -0.15) is 0 Å². The van der Waals surface area contributed by atoms with Gasteiger partial charge in [0.05, 0.1) is 0 Å². The van der Waals surface area contributed by atoms with Crippen molar-refractivity contribution in [2.45, 2.75) is 64.3 Å². The average molecular weight is 350 g/mol. The van der Waals surface area contributed by atoms with E-state index in [1.165, 1.54) is 55.0 Å². The van der Waals surface area contributed by atoms with E-state index in [9.17, 15) is 0 Å². The minimum absolute atomic E-state index is 0.502. The zero-order valence-electron chi connectivity index (χ0n) is 13.2. The first kappa shape index (κ1) is 16.8. The summed E-state index contributed by atoms with van der Waals surface area (Å²) in [4.78, 5) is 0. The smallest absolute Gasteiger partial charge is 0.0320 e. The van der Waals surface area contributed by atoms with Crippen LogP contribution in [-0.4, -0.2) is 12.6 Å². The summed E-state index contributed by atoms with van der Waals surface area (Å²) in [6.45, 7) is 3.35. The maximum atomic E-state index is 3.77. The van der Waals surface area contributed by atoms with Crippen molar-refractivity contribution in [3.8, 4) is 0 Å². The first-order valence-corrected chi connectivity index (χ1v) is 9.26. The Morgan fingerprint density at radius 1 is 1.14 bits per heavy atom. The molecule has 21 heavy (non-hydrogen) atoms. The van der Waals surface area contributed by atoms with Crippen LogP contribution in [0.2, 0.25) is 0 Å². The third kappa shape index (κ3) is 5.60. The quantitative estimate of drug-likeness (QED) is 0.655. The van der Waals surface area contributed by atoms with Crippen molar-refractivity contribution in [2.24, 2.45) is 0 Å². The Bertz CT molecular complexity index is 453. The number of allylic oxidation sites excluding steroid dienone is 1. The van der Waals surface area contributed by atoms with Gasteiger partial charge in [0.1, 0.15) is 0 Å². The summed E-state index contributed by atoms with van der Waals surface area (Å²) in [5.41, 5.74) is 3.05. The molecule has 1 unspecified atom stereocenters. The molecule has 1 aliphatic carbocycles. The molecule has 0 saturated heterocycles. The van der Waals surface area contributed by atoms with Crippen LogP contribution in [0.15, 0.2) is 40.4 Å². The third-order valence-corrected chi connectivity index (χ3v) is 5.07. The van der Waals surface area contributed by atoms with Crippen LogP contribution < -0.4 is 5.32 Å². The van der Waals surface area contributed by atoms with Gasteiger partial charge in [-0.1, -0.05) is 65.5 Å². The molecule has 0 fully saturated rings. The van der Waals surface area contributed by atoms with Crippen LogP contribution in [0.25, 0.3) is 0 Å². The zero-order chi connectivity index (χ0) is 14.9. The monoisotopic (exact) mass is 349 g/mol. The van der Waals surface area contributed by atoms with Crippen molar-refractivity contribution in [2.75, 3.05) is 6.54 Å². The van der Waals surface area contributed by atoms with E-state index in [2.05, 4.69) is 58.5 Å². The highest BCUT2D eigenvalue weighted by atomic mass is 79.9. The Morgan fingerprint density at radius 2 is 1.95 bits per heavy atom. The minimum Gasteiger partial charge on any atom is -0.310 e. The zero-order valence-corrected chi connectivity index (χ0v) is 14.8. The third-order valence-electron chi connectivity index (χ3n) is 4.30. The molecule has 1 N–H and O–H groups in total. The van der Waals surface area contributed by atoms with Crippen molar-refractivity contribution in [1.82, 2.24) is 5.32 Å². The predicted molar refractivity (Wildman–Crippen MR) is 95.7 cm³/mol. The van der Waals surface area contributed by atoms with E-state index in [-0.39, 0.29) is 0 Å². The molecule has 0 aromatic heterocycles. The highest BCUT2D eigenvalue weighted by Crippen LogP contribution is 2.24. The molecular weight excluding hydrogens is 322 g/mol. The van der Waals surface area contributed by atoms with Crippen LogP contribution >= 0.6 is 15.9 Å². The van der Waals surface area contributed by atoms with Gasteiger partial charge >= 0.3 is 0 Å². The molecular formula is C19H28BrN. The van der Waals surface area contributed by atoms with Gasteiger partial charge in [-0.05, 0) is 56.7 Å². The molecule has 1 aromatic carbocycles. The lowest BCUT2D eigenvalue weighted by Gasteiger charge is -2.24. The second-order valence-corrected chi connectivity index (χ2v) is 6.89. The highest BCUT2D eigenvalue weighted by Gasteiger charge is 2.16. The molecule has 116 valence electrons. The van der Waals surface area contributed by atoms with Crippen molar-refractivity contribution < 1.29 is 0 Å². The van der Waals surface area contributed by atoms with E-state index in [4.69, 9.17) is 0 Å². The van der Waals surface area contributed by atoms with E-state index in [0.29, 0.717) is 6.04 Å². The minimum atomic E-state index is 0.502. The summed E-state index contributed by atoms with van der Waals surface area (Å²) >= 11 is 3.70. The normalized spacial score (nSPS) is 20.2. The first-order valence-electron chi connectivity index (χ1n) is 8.47. The predicted octanol–water partition coefficient (Wildman–Crippen LogP) is 5.64. The molecule has 1 aliphatic rings. The molecule has 0 aliphatic heterocycles. The summed E-state index contributed by atoms with van der Waals surface area (Å²) < 4.78 is 1.24. The Balaban J connectivity index is 2.11. The first-order chi connectivity index (χ1) is 10.3. The van der Waals surface area contributed by atoms with Crippen molar-refractivity contribution in [1.29, 1.82) is 0 Å². The molecule has 0 saturated carbocycles. The van der Waals surface area contributed by atoms with Gasteiger partial charge < -0.3 is 5.32 Å².